The Labute approximate surface area is 86.0 Å². The van der Waals surface area contributed by atoms with Gasteiger partial charge in [-0.05, 0) is 11.6 Å². The second-order valence-electron chi connectivity index (χ2n) is 2.99. The molecule has 1 aromatic carbocycles. The first-order chi connectivity index (χ1) is 6.97. The Kier molecular flexibility index (Phi) is 3.71. The molecular formula is C10H10BF3O. The highest BCUT2D eigenvalue weighted by Gasteiger charge is 2.45. The Morgan fingerprint density at radius 2 is 1.80 bits per heavy atom. The van der Waals surface area contributed by atoms with E-state index in [-0.39, 0.29) is 5.78 Å². The maximum absolute atomic E-state index is 11.8. The Morgan fingerprint density at radius 3 is 2.33 bits per heavy atom. The zero-order valence-corrected chi connectivity index (χ0v) is 8.16. The predicted octanol–water partition coefficient (Wildman–Crippen LogP) is 3.17. The fourth-order valence-electron chi connectivity index (χ4n) is 1.03. The van der Waals surface area contributed by atoms with E-state index in [1.807, 2.05) is 18.2 Å². The molecule has 0 bridgehead atoms. The minimum Gasteiger partial charge on any atom is -0.450 e. The Morgan fingerprint density at radius 1 is 1.20 bits per heavy atom. The van der Waals surface area contributed by atoms with E-state index in [1.165, 1.54) is 13.0 Å². The first-order valence-corrected chi connectivity index (χ1v) is 4.42. The van der Waals surface area contributed by atoms with E-state index in [4.69, 9.17) is 0 Å². The average molecular weight is 214 g/mol. The summed E-state index contributed by atoms with van der Waals surface area (Å²) in [6.07, 6.45) is 2.86. The van der Waals surface area contributed by atoms with Crippen LogP contribution in [0.1, 0.15) is 12.5 Å². The van der Waals surface area contributed by atoms with Gasteiger partial charge >= 0.3 is 7.18 Å². The number of halogens is 3. The van der Waals surface area contributed by atoms with Crippen molar-refractivity contribution in [2.24, 2.45) is 0 Å². The van der Waals surface area contributed by atoms with Crippen molar-refractivity contribution >= 4 is 19.0 Å². The maximum atomic E-state index is 11.8. The lowest BCUT2D eigenvalue weighted by Crippen LogP contribution is -2.18. The monoisotopic (exact) mass is 214 g/mol. The molecule has 0 spiro atoms. The minimum atomic E-state index is -5.22. The third-order valence-electron chi connectivity index (χ3n) is 1.63. The average Bonchev–Trinajstić information content (AvgIpc) is 2.14. The molecule has 0 aliphatic heterocycles. The summed E-state index contributed by atoms with van der Waals surface area (Å²) in [7, 11) is -5.22. The predicted molar refractivity (Wildman–Crippen MR) is 55.2 cm³/mol. The van der Waals surface area contributed by atoms with Crippen molar-refractivity contribution in [2.45, 2.75) is 6.92 Å². The second kappa shape index (κ2) is 4.82. The number of benzene rings is 1. The van der Waals surface area contributed by atoms with Gasteiger partial charge in [0.15, 0.2) is 0 Å². The van der Waals surface area contributed by atoms with Gasteiger partial charge in [0.2, 0.25) is 0 Å². The molecule has 1 rings (SSSR count). The van der Waals surface area contributed by atoms with Gasteiger partial charge in [0.1, 0.15) is 0 Å². The number of hydrogen-bond acceptors (Lipinski definition) is 0. The Balaban J connectivity index is 2.71. The van der Waals surface area contributed by atoms with Crippen molar-refractivity contribution in [1.82, 2.24) is 0 Å². The van der Waals surface area contributed by atoms with Gasteiger partial charge in [-0.15, -0.1) is 0 Å². The van der Waals surface area contributed by atoms with E-state index < -0.39 is 7.18 Å². The van der Waals surface area contributed by atoms with E-state index in [9.17, 15) is 12.9 Å². The van der Waals surface area contributed by atoms with Crippen LogP contribution in [-0.2, 0) is 4.34 Å². The molecule has 0 N–H and O–H groups in total. The molecule has 1 nitrogen and oxygen atoms in total. The topological polar surface area (TPSA) is 11.3 Å². The van der Waals surface area contributed by atoms with Crippen molar-refractivity contribution in [2.75, 3.05) is 0 Å². The molecule has 0 radical (unpaired) electrons. The van der Waals surface area contributed by atoms with Gasteiger partial charge in [-0.1, -0.05) is 30.3 Å². The van der Waals surface area contributed by atoms with Crippen molar-refractivity contribution in [3.8, 4) is 0 Å². The first kappa shape index (κ1) is 11.6. The second-order valence-corrected chi connectivity index (χ2v) is 2.99. The van der Waals surface area contributed by atoms with Gasteiger partial charge < -0.3 is 17.3 Å². The molecule has 0 saturated heterocycles. The molecule has 15 heavy (non-hydrogen) atoms. The molecule has 0 atom stereocenters. The van der Waals surface area contributed by atoms with E-state index in [0.717, 1.165) is 5.56 Å². The smallest absolute Gasteiger partial charge is 0.450 e. The van der Waals surface area contributed by atoms with E-state index in [2.05, 4.69) is 4.34 Å². The van der Waals surface area contributed by atoms with Gasteiger partial charge in [0.25, 0.3) is 5.78 Å². The molecule has 5 heteroatoms. The fourth-order valence-corrected chi connectivity index (χ4v) is 1.03. The largest absolute Gasteiger partial charge is 0.971 e. The molecule has 0 aliphatic rings. The molecule has 0 unspecified atom stereocenters. The molecular weight excluding hydrogens is 204 g/mol. The molecule has 0 aromatic heterocycles. The number of hydrogen-bond donors (Lipinski definition) is 0. The highest BCUT2D eigenvalue weighted by Crippen LogP contribution is 2.06. The van der Waals surface area contributed by atoms with Crippen molar-refractivity contribution in [3.63, 3.8) is 0 Å². The maximum Gasteiger partial charge on any atom is 0.971 e. The molecule has 0 fully saturated rings. The van der Waals surface area contributed by atoms with Gasteiger partial charge in [-0.3, -0.25) is 0 Å². The van der Waals surface area contributed by atoms with E-state index in [1.54, 1.807) is 18.2 Å². The lowest BCUT2D eigenvalue weighted by Gasteiger charge is -1.94. The quantitative estimate of drug-likeness (QED) is 0.416. The lowest BCUT2D eigenvalue weighted by atomic mass is 10.2. The first-order valence-electron chi connectivity index (χ1n) is 4.42. The van der Waals surface area contributed by atoms with Gasteiger partial charge in [-0.25, -0.2) is 0 Å². The van der Waals surface area contributed by atoms with Crippen LogP contribution in [0.5, 0.6) is 0 Å². The van der Waals surface area contributed by atoms with Crippen LogP contribution < -0.4 is 0 Å². The number of allylic oxidation sites excluding steroid dienone is 1. The van der Waals surface area contributed by atoms with Gasteiger partial charge in [-0.2, -0.15) is 0 Å². The Bertz CT molecular complexity index is 368. The molecule has 1 aromatic rings. The van der Waals surface area contributed by atoms with Crippen LogP contribution in [0.4, 0.5) is 12.9 Å². The normalized spacial score (nSPS) is 13.5. The van der Waals surface area contributed by atoms with Crippen LogP contribution in [0.25, 0.3) is 6.08 Å². The lowest BCUT2D eigenvalue weighted by molar-refractivity contribution is -0.351. The van der Waals surface area contributed by atoms with Crippen molar-refractivity contribution in [3.05, 3.63) is 42.0 Å². The molecule has 0 heterocycles. The summed E-state index contributed by atoms with van der Waals surface area (Å²) in [5, 5.41) is 0. The molecule has 80 valence electrons. The van der Waals surface area contributed by atoms with Crippen molar-refractivity contribution < 1.29 is 17.3 Å². The number of ketones is 1. The Hall–Kier alpha value is -1.52. The van der Waals surface area contributed by atoms with Gasteiger partial charge in [0.05, 0.1) is 0 Å². The highest BCUT2D eigenvalue weighted by molar-refractivity contribution is 6.48. The minimum absolute atomic E-state index is 0.161. The SMILES string of the molecule is CC(/C=C/c1ccccc1)=[O+][B-](F)(F)F. The van der Waals surface area contributed by atoms with Crippen LogP contribution in [0.3, 0.4) is 0 Å². The molecule has 0 aliphatic carbocycles. The van der Waals surface area contributed by atoms with E-state index in [0.29, 0.717) is 0 Å². The summed E-state index contributed by atoms with van der Waals surface area (Å²) >= 11 is 0. The van der Waals surface area contributed by atoms with Crippen LogP contribution >= 0.6 is 0 Å². The van der Waals surface area contributed by atoms with Crippen molar-refractivity contribution in [1.29, 1.82) is 0 Å². The van der Waals surface area contributed by atoms with Crippen LogP contribution in [0.15, 0.2) is 36.4 Å². The zero-order valence-electron chi connectivity index (χ0n) is 8.16. The number of rotatable bonds is 3. The third kappa shape index (κ3) is 5.05. The summed E-state index contributed by atoms with van der Waals surface area (Å²) in [5.74, 6) is -0.161. The third-order valence-corrected chi connectivity index (χ3v) is 1.63. The number of carbonyl (C=O) groups excluding carboxylic acids is 1. The van der Waals surface area contributed by atoms with Crippen LogP contribution in [-0.4, -0.2) is 13.0 Å². The summed E-state index contributed by atoms with van der Waals surface area (Å²) < 4.78 is 39.2. The summed E-state index contributed by atoms with van der Waals surface area (Å²) in [4.78, 5) is 0. The molecule has 0 saturated carbocycles. The fraction of sp³-hybridized carbons (Fsp3) is 0.100. The van der Waals surface area contributed by atoms with Crippen LogP contribution in [0.2, 0.25) is 0 Å². The highest BCUT2D eigenvalue weighted by atomic mass is 19.4. The summed E-state index contributed by atoms with van der Waals surface area (Å²) in [6.45, 7) is 1.27. The zero-order chi connectivity index (χ0) is 11.3. The van der Waals surface area contributed by atoms with E-state index >= 15 is 0 Å². The van der Waals surface area contributed by atoms with Gasteiger partial charge in [0, 0.05) is 13.0 Å². The molecule has 0 amide bonds. The van der Waals surface area contributed by atoms with Crippen LogP contribution in [0, 0.1) is 0 Å². The summed E-state index contributed by atoms with van der Waals surface area (Å²) in [6, 6.07) is 9.04. The summed E-state index contributed by atoms with van der Waals surface area (Å²) in [5.41, 5.74) is 0.829. The standard InChI is InChI=1S/C10H10BF3O/c1-9(15-11(12,13)14)7-8-10-5-3-2-4-6-10/h2-8H,1H3/b8-7+.